The van der Waals surface area contributed by atoms with Gasteiger partial charge in [0.05, 0.1) is 25.2 Å². The topological polar surface area (TPSA) is 106 Å². The third-order valence-corrected chi connectivity index (χ3v) is 4.29. The van der Waals surface area contributed by atoms with E-state index in [4.69, 9.17) is 21.1 Å². The molecular formula is C20H22ClNO6. The molecule has 1 aromatic carbocycles. The first kappa shape index (κ1) is 21.5. The quantitative estimate of drug-likeness (QED) is 0.617. The van der Waals surface area contributed by atoms with E-state index in [0.29, 0.717) is 17.0 Å². The summed E-state index contributed by atoms with van der Waals surface area (Å²) in [5, 5.41) is 10.1. The molecule has 2 rings (SSSR count). The maximum Gasteiger partial charge on any atom is 0.352 e. The zero-order valence-electron chi connectivity index (χ0n) is 15.7. The molecule has 0 bridgehead atoms. The van der Waals surface area contributed by atoms with Crippen LogP contribution in [0.4, 0.5) is 0 Å². The van der Waals surface area contributed by atoms with Gasteiger partial charge in [0.15, 0.2) is 0 Å². The molecule has 150 valence electrons. The Bertz CT molecular complexity index is 874. The van der Waals surface area contributed by atoms with Gasteiger partial charge in [0, 0.05) is 10.7 Å². The van der Waals surface area contributed by atoms with E-state index in [2.05, 4.69) is 4.98 Å². The van der Waals surface area contributed by atoms with Crippen LogP contribution in [0.15, 0.2) is 24.3 Å². The molecule has 0 amide bonds. The van der Waals surface area contributed by atoms with Crippen molar-refractivity contribution in [1.29, 1.82) is 0 Å². The number of aromatic nitrogens is 1. The molecule has 0 saturated carbocycles. The van der Waals surface area contributed by atoms with E-state index in [-0.39, 0.29) is 43.0 Å². The van der Waals surface area contributed by atoms with Crippen LogP contribution in [0.25, 0.3) is 0 Å². The predicted molar refractivity (Wildman–Crippen MR) is 103 cm³/mol. The summed E-state index contributed by atoms with van der Waals surface area (Å²) < 4.78 is 10.0. The van der Waals surface area contributed by atoms with Crippen molar-refractivity contribution in [2.75, 3.05) is 13.2 Å². The number of halogens is 1. The maximum absolute atomic E-state index is 12.5. The van der Waals surface area contributed by atoms with Gasteiger partial charge in [-0.15, -0.1) is 0 Å². The molecule has 0 unspecified atom stereocenters. The molecule has 1 aromatic heterocycles. The highest BCUT2D eigenvalue weighted by molar-refractivity contribution is 6.30. The van der Waals surface area contributed by atoms with Gasteiger partial charge < -0.3 is 19.6 Å². The first-order valence-electron chi connectivity index (χ1n) is 8.91. The van der Waals surface area contributed by atoms with Gasteiger partial charge in [-0.1, -0.05) is 23.7 Å². The van der Waals surface area contributed by atoms with E-state index in [1.165, 1.54) is 0 Å². The Hall–Kier alpha value is -2.80. The Morgan fingerprint density at radius 1 is 1.11 bits per heavy atom. The zero-order chi connectivity index (χ0) is 20.7. The Balaban J connectivity index is 2.43. The molecule has 0 atom stereocenters. The largest absolute Gasteiger partial charge is 0.477 e. The maximum atomic E-state index is 12.5. The molecule has 2 N–H and O–H groups in total. The van der Waals surface area contributed by atoms with Gasteiger partial charge in [-0.2, -0.15) is 0 Å². The first-order valence-corrected chi connectivity index (χ1v) is 9.29. The molecule has 0 aliphatic carbocycles. The lowest BCUT2D eigenvalue weighted by Gasteiger charge is -2.08. The lowest BCUT2D eigenvalue weighted by atomic mass is 9.99. The summed E-state index contributed by atoms with van der Waals surface area (Å²) in [5.41, 5.74) is 1.31. The third kappa shape index (κ3) is 5.36. The summed E-state index contributed by atoms with van der Waals surface area (Å²) in [5.74, 6) is -2.46. The molecular weight excluding hydrogens is 386 g/mol. The minimum atomic E-state index is -1.22. The number of hydrogen-bond donors (Lipinski definition) is 2. The lowest BCUT2D eigenvalue weighted by molar-refractivity contribution is -0.142. The lowest BCUT2D eigenvalue weighted by Crippen LogP contribution is -2.14. The number of benzene rings is 1. The number of aromatic carboxylic acids is 1. The van der Waals surface area contributed by atoms with Crippen molar-refractivity contribution in [2.45, 2.75) is 33.1 Å². The van der Waals surface area contributed by atoms with Crippen molar-refractivity contribution in [3.63, 3.8) is 0 Å². The standard InChI is InChI=1S/C20H22ClNO6/c1-3-27-16(23)11-15-17(20(26)28-4-2)14(18(22-15)19(24)25)9-8-12-6-5-7-13(21)10-12/h5-7,10,22H,3-4,8-9,11H2,1-2H3,(H,24,25). The van der Waals surface area contributed by atoms with Gasteiger partial charge in [0.25, 0.3) is 0 Å². The molecule has 0 saturated heterocycles. The Morgan fingerprint density at radius 3 is 2.43 bits per heavy atom. The van der Waals surface area contributed by atoms with E-state index in [1.54, 1.807) is 32.0 Å². The fraction of sp³-hybridized carbons (Fsp3) is 0.350. The Kier molecular flexibility index (Phi) is 7.63. The summed E-state index contributed by atoms with van der Waals surface area (Å²) in [6.45, 7) is 3.62. The van der Waals surface area contributed by atoms with Crippen LogP contribution in [0.5, 0.6) is 0 Å². The average molecular weight is 408 g/mol. The first-order chi connectivity index (χ1) is 13.4. The van der Waals surface area contributed by atoms with Crippen molar-refractivity contribution >= 4 is 29.5 Å². The van der Waals surface area contributed by atoms with Crippen molar-refractivity contribution < 1.29 is 29.0 Å². The summed E-state index contributed by atoms with van der Waals surface area (Å²) in [4.78, 5) is 38.8. The molecule has 2 aromatic rings. The number of carboxylic acid groups (broad SMARTS) is 1. The van der Waals surface area contributed by atoms with Gasteiger partial charge in [0.2, 0.25) is 0 Å². The summed E-state index contributed by atoms with van der Waals surface area (Å²) >= 11 is 6.00. The molecule has 0 spiro atoms. The number of carbonyl (C=O) groups excluding carboxylic acids is 2. The Morgan fingerprint density at radius 2 is 1.82 bits per heavy atom. The number of esters is 2. The minimum absolute atomic E-state index is 0.0781. The van der Waals surface area contributed by atoms with E-state index < -0.39 is 17.9 Å². The Labute approximate surface area is 167 Å². The van der Waals surface area contributed by atoms with Crippen LogP contribution in [0.2, 0.25) is 5.02 Å². The normalized spacial score (nSPS) is 10.5. The molecule has 1 heterocycles. The fourth-order valence-corrected chi connectivity index (χ4v) is 3.14. The smallest absolute Gasteiger partial charge is 0.352 e. The van der Waals surface area contributed by atoms with Gasteiger partial charge >= 0.3 is 17.9 Å². The second-order valence-electron chi connectivity index (χ2n) is 5.97. The predicted octanol–water partition coefficient (Wildman–Crippen LogP) is 3.43. The fourth-order valence-electron chi connectivity index (χ4n) is 2.93. The molecule has 8 heteroatoms. The van der Waals surface area contributed by atoms with Gasteiger partial charge in [-0.25, -0.2) is 9.59 Å². The van der Waals surface area contributed by atoms with Crippen LogP contribution in [-0.4, -0.2) is 41.2 Å². The van der Waals surface area contributed by atoms with Crippen LogP contribution in [0, 0.1) is 0 Å². The van der Waals surface area contributed by atoms with Crippen LogP contribution in [-0.2, 0) is 33.5 Å². The number of aryl methyl sites for hydroxylation is 1. The number of carboxylic acids is 1. The molecule has 0 fully saturated rings. The number of aromatic amines is 1. The van der Waals surface area contributed by atoms with Crippen LogP contribution >= 0.6 is 11.6 Å². The van der Waals surface area contributed by atoms with Crippen LogP contribution in [0.3, 0.4) is 0 Å². The number of rotatable bonds is 9. The molecule has 7 nitrogen and oxygen atoms in total. The highest BCUT2D eigenvalue weighted by atomic mass is 35.5. The summed E-state index contributed by atoms with van der Waals surface area (Å²) in [6, 6.07) is 7.18. The van der Waals surface area contributed by atoms with Crippen LogP contribution < -0.4 is 0 Å². The zero-order valence-corrected chi connectivity index (χ0v) is 16.5. The number of carbonyl (C=O) groups is 3. The van der Waals surface area contributed by atoms with E-state index >= 15 is 0 Å². The van der Waals surface area contributed by atoms with E-state index in [9.17, 15) is 19.5 Å². The highest BCUT2D eigenvalue weighted by Gasteiger charge is 2.28. The second-order valence-corrected chi connectivity index (χ2v) is 6.41. The summed E-state index contributed by atoms with van der Waals surface area (Å²) in [6.07, 6.45) is 0.471. The molecule has 0 radical (unpaired) electrons. The minimum Gasteiger partial charge on any atom is -0.477 e. The average Bonchev–Trinajstić information content (AvgIpc) is 2.99. The molecule has 0 aliphatic heterocycles. The number of nitrogens with one attached hydrogen (secondary N) is 1. The van der Waals surface area contributed by atoms with Crippen molar-refractivity contribution in [2.24, 2.45) is 0 Å². The van der Waals surface area contributed by atoms with Gasteiger partial charge in [-0.05, 0) is 49.9 Å². The number of hydrogen-bond acceptors (Lipinski definition) is 5. The monoisotopic (exact) mass is 407 g/mol. The number of H-pyrrole nitrogens is 1. The SMILES string of the molecule is CCOC(=O)Cc1[nH]c(C(=O)O)c(CCc2cccc(Cl)c2)c1C(=O)OCC. The van der Waals surface area contributed by atoms with Crippen molar-refractivity contribution in [3.05, 3.63) is 57.4 Å². The second kappa shape index (κ2) is 9.94. The van der Waals surface area contributed by atoms with Gasteiger partial charge in [-0.3, -0.25) is 4.79 Å². The van der Waals surface area contributed by atoms with Crippen molar-refractivity contribution in [3.8, 4) is 0 Å². The van der Waals surface area contributed by atoms with E-state index in [1.807, 2.05) is 6.07 Å². The van der Waals surface area contributed by atoms with Crippen molar-refractivity contribution in [1.82, 2.24) is 4.98 Å². The van der Waals surface area contributed by atoms with E-state index in [0.717, 1.165) is 5.56 Å². The summed E-state index contributed by atoms with van der Waals surface area (Å²) in [7, 11) is 0. The molecule has 28 heavy (non-hydrogen) atoms. The third-order valence-electron chi connectivity index (χ3n) is 4.05. The molecule has 0 aliphatic rings. The number of ether oxygens (including phenoxy) is 2. The van der Waals surface area contributed by atoms with Gasteiger partial charge in [0.1, 0.15) is 5.69 Å². The van der Waals surface area contributed by atoms with Crippen LogP contribution in [0.1, 0.15) is 51.5 Å². The highest BCUT2D eigenvalue weighted by Crippen LogP contribution is 2.24.